The Labute approximate surface area is 144 Å². The third-order valence-electron chi connectivity index (χ3n) is 4.11. The van der Waals surface area contributed by atoms with Crippen LogP contribution in [0.1, 0.15) is 46.5 Å². The van der Waals surface area contributed by atoms with E-state index in [-0.39, 0.29) is 25.4 Å². The van der Waals surface area contributed by atoms with Gasteiger partial charge in [0, 0.05) is 6.42 Å². The molecule has 0 heterocycles. The first-order valence-corrected chi connectivity index (χ1v) is 7.39. The van der Waals surface area contributed by atoms with E-state index in [0.717, 1.165) is 19.3 Å². The number of aliphatic hydroxyl groups is 1. The van der Waals surface area contributed by atoms with Gasteiger partial charge in [-0.3, -0.25) is 4.48 Å². The second-order valence-corrected chi connectivity index (χ2v) is 5.38. The van der Waals surface area contributed by atoms with Gasteiger partial charge in [-0.05, 0) is 20.3 Å². The molecule has 0 fully saturated rings. The Morgan fingerprint density at radius 3 is 2.14 bits per heavy atom. The molecule has 0 aliphatic heterocycles. The fourth-order valence-electron chi connectivity index (χ4n) is 2.34. The van der Waals surface area contributed by atoms with Crippen LogP contribution in [0.25, 0.3) is 0 Å². The van der Waals surface area contributed by atoms with E-state index in [1.165, 1.54) is 13.8 Å². The van der Waals surface area contributed by atoms with Crippen LogP contribution in [0.5, 0.6) is 0 Å². The maximum atomic E-state index is 11.2. The number of carbonyl (C=O) groups excluding carboxylic acids is 1. The average molecular weight is 308 g/mol. The van der Waals surface area contributed by atoms with Crippen molar-refractivity contribution in [1.82, 2.24) is 0 Å². The van der Waals surface area contributed by atoms with Gasteiger partial charge in [-0.1, -0.05) is 31.9 Å². The molecule has 0 rings (SSSR count). The molecule has 0 aliphatic rings. The van der Waals surface area contributed by atoms with Crippen LogP contribution in [0.15, 0.2) is 12.2 Å². The molecule has 0 bridgehead atoms. The summed E-state index contributed by atoms with van der Waals surface area (Å²) < 4.78 is -0.435. The van der Waals surface area contributed by atoms with Gasteiger partial charge in [-0.2, -0.15) is 0 Å². The van der Waals surface area contributed by atoms with Gasteiger partial charge in [0.05, 0.1) is 12.5 Å². The summed E-state index contributed by atoms with van der Waals surface area (Å²) in [6.07, 6.45) is 7.55. The van der Waals surface area contributed by atoms with Crippen LogP contribution < -0.4 is 24.0 Å². The Kier molecular flexibility index (Phi) is 12.5. The monoisotopic (exact) mass is 308 g/mol. The number of hydrogen-bond donors (Lipinski definition) is 2. The topological polar surface area (TPSA) is 97.7 Å². The van der Waals surface area contributed by atoms with E-state index in [2.05, 4.69) is 6.92 Å². The minimum absolute atomic E-state index is 0. The SMILES string of the molecule is CCCC/C=C/CC[N+](CO)(C(C)C(=O)[O-])C(C)C(=O)O.[Li+]. The van der Waals surface area contributed by atoms with E-state index < -0.39 is 35.2 Å². The first kappa shape index (κ1) is 23.5. The van der Waals surface area contributed by atoms with Crippen molar-refractivity contribution in [3.05, 3.63) is 12.2 Å². The number of rotatable bonds is 11. The van der Waals surface area contributed by atoms with E-state index in [1.54, 1.807) is 0 Å². The van der Waals surface area contributed by atoms with Crippen LogP contribution in [-0.2, 0) is 9.59 Å². The average Bonchev–Trinajstić information content (AvgIpc) is 2.45. The maximum Gasteiger partial charge on any atom is 1.00 e. The quantitative estimate of drug-likeness (QED) is 0.145. The van der Waals surface area contributed by atoms with Crippen LogP contribution in [0.3, 0.4) is 0 Å². The number of carboxylic acid groups (broad SMARTS) is 2. The Bertz CT molecular complexity index is 353. The molecule has 0 aliphatic carbocycles. The van der Waals surface area contributed by atoms with E-state index in [9.17, 15) is 24.9 Å². The van der Waals surface area contributed by atoms with Crippen molar-refractivity contribution in [3.8, 4) is 0 Å². The second kappa shape index (κ2) is 11.7. The van der Waals surface area contributed by atoms with Gasteiger partial charge < -0.3 is 20.1 Å². The third-order valence-corrected chi connectivity index (χ3v) is 4.11. The summed E-state index contributed by atoms with van der Waals surface area (Å²) in [4.78, 5) is 22.4. The largest absolute Gasteiger partial charge is 1.00 e. The molecule has 6 nitrogen and oxygen atoms in total. The number of carbonyl (C=O) groups is 2. The van der Waals surface area contributed by atoms with Gasteiger partial charge >= 0.3 is 24.8 Å². The summed E-state index contributed by atoms with van der Waals surface area (Å²) in [5.74, 6) is -2.49. The number of aliphatic carboxylic acids is 2. The van der Waals surface area contributed by atoms with Crippen molar-refractivity contribution in [2.75, 3.05) is 13.3 Å². The van der Waals surface area contributed by atoms with Gasteiger partial charge in [0.1, 0.15) is 6.04 Å². The molecule has 0 saturated heterocycles. The Morgan fingerprint density at radius 2 is 1.73 bits per heavy atom. The van der Waals surface area contributed by atoms with Crippen LogP contribution in [0, 0.1) is 0 Å². The zero-order valence-corrected chi connectivity index (χ0v) is 14.1. The molecule has 22 heavy (non-hydrogen) atoms. The first-order valence-electron chi connectivity index (χ1n) is 7.39. The number of hydrogen-bond acceptors (Lipinski definition) is 4. The number of nitrogens with zero attached hydrogens (tertiary/aromatic N) is 1. The molecule has 3 atom stereocenters. The molecule has 122 valence electrons. The summed E-state index contributed by atoms with van der Waals surface area (Å²) in [5.41, 5.74) is 0. The van der Waals surface area contributed by atoms with Gasteiger partial charge in [-0.15, -0.1) is 0 Å². The van der Waals surface area contributed by atoms with E-state index in [0.29, 0.717) is 6.42 Å². The number of allylic oxidation sites excluding steroid dienone is 1. The standard InChI is InChI=1S/C15H27NO5.Li/c1-4-5-6-7-8-9-10-16(11-17,12(2)14(18)19)13(3)15(20)21;/h7-8,12-13,17H,4-6,9-11H2,1-3H3,(H-,18,19,20,21);/q;+1/b8-7+;. The predicted molar refractivity (Wildman–Crippen MR) is 77.1 cm³/mol. The van der Waals surface area contributed by atoms with Gasteiger partial charge in [-0.25, -0.2) is 4.79 Å². The van der Waals surface area contributed by atoms with Crippen LogP contribution in [0.2, 0.25) is 0 Å². The number of aliphatic hydroxyl groups excluding tert-OH is 1. The number of carboxylic acids is 2. The molecule has 0 radical (unpaired) electrons. The van der Waals surface area contributed by atoms with Crippen molar-refractivity contribution in [2.24, 2.45) is 0 Å². The van der Waals surface area contributed by atoms with Gasteiger partial charge in [0.25, 0.3) is 0 Å². The van der Waals surface area contributed by atoms with E-state index in [4.69, 9.17) is 0 Å². The smallest absolute Gasteiger partial charge is 0.544 e. The fraction of sp³-hybridized carbons (Fsp3) is 0.733. The normalized spacial score (nSPS) is 16.5. The molecule has 0 spiro atoms. The summed E-state index contributed by atoms with van der Waals surface area (Å²) in [5, 5.41) is 30.0. The number of quaternary nitrogens is 1. The molecule has 0 amide bonds. The van der Waals surface area contributed by atoms with Gasteiger partial charge in [0.2, 0.25) is 0 Å². The fourth-order valence-corrected chi connectivity index (χ4v) is 2.34. The summed E-state index contributed by atoms with van der Waals surface area (Å²) in [7, 11) is 0. The zero-order valence-electron chi connectivity index (χ0n) is 14.1. The summed E-state index contributed by atoms with van der Waals surface area (Å²) in [6, 6.07) is -2.11. The summed E-state index contributed by atoms with van der Waals surface area (Å²) >= 11 is 0. The van der Waals surface area contributed by atoms with Crippen molar-refractivity contribution in [3.63, 3.8) is 0 Å². The molecule has 0 aromatic rings. The molecule has 7 heteroatoms. The van der Waals surface area contributed by atoms with E-state index in [1.807, 2.05) is 12.2 Å². The maximum absolute atomic E-state index is 11.2. The van der Waals surface area contributed by atoms with Crippen LogP contribution in [-0.4, -0.2) is 52.0 Å². The third kappa shape index (κ3) is 6.53. The second-order valence-electron chi connectivity index (χ2n) is 5.38. The first-order chi connectivity index (χ1) is 9.83. The number of unbranched alkanes of at least 4 members (excludes halogenated alkanes) is 2. The zero-order chi connectivity index (χ0) is 16.5. The van der Waals surface area contributed by atoms with Crippen molar-refractivity contribution in [1.29, 1.82) is 0 Å². The Morgan fingerprint density at radius 1 is 1.18 bits per heavy atom. The molecular formula is C15H27LiNO5+. The Hall–Kier alpha value is -0.803. The minimum atomic E-state index is -1.35. The minimum Gasteiger partial charge on any atom is -0.544 e. The predicted octanol–water partition coefficient (Wildman–Crippen LogP) is -2.49. The molecule has 3 unspecified atom stereocenters. The van der Waals surface area contributed by atoms with E-state index >= 15 is 0 Å². The molecule has 0 aromatic heterocycles. The van der Waals surface area contributed by atoms with Gasteiger partial charge in [0.15, 0.2) is 12.8 Å². The van der Waals surface area contributed by atoms with Crippen molar-refractivity contribution >= 4 is 11.9 Å². The molecule has 0 aromatic carbocycles. The molecule has 2 N–H and O–H groups in total. The Balaban J connectivity index is 0. The van der Waals surface area contributed by atoms with Crippen molar-refractivity contribution < 1.29 is 48.3 Å². The summed E-state index contributed by atoms with van der Waals surface area (Å²) in [6.45, 7) is 4.58. The van der Waals surface area contributed by atoms with Crippen LogP contribution >= 0.6 is 0 Å². The molecule has 0 saturated carbocycles. The molecular weight excluding hydrogens is 281 g/mol. The van der Waals surface area contributed by atoms with Crippen molar-refractivity contribution in [2.45, 2.75) is 58.5 Å². The van der Waals surface area contributed by atoms with Crippen LogP contribution in [0.4, 0.5) is 0 Å².